The van der Waals surface area contributed by atoms with Gasteiger partial charge >= 0.3 is 0 Å². The van der Waals surface area contributed by atoms with Gasteiger partial charge in [-0.25, -0.2) is 9.97 Å². The smallest absolute Gasteiger partial charge is 0.142 e. The van der Waals surface area contributed by atoms with Crippen LogP contribution in [0, 0.1) is 13.8 Å². The molecule has 0 bridgehead atoms. The summed E-state index contributed by atoms with van der Waals surface area (Å²) in [5.74, 6) is 1.39. The first kappa shape index (κ1) is 13.3. The number of hydrogen-bond acceptors (Lipinski definition) is 4. The Kier molecular flexibility index (Phi) is 3.59. The van der Waals surface area contributed by atoms with Gasteiger partial charge in [-0.2, -0.15) is 0 Å². The number of aromatic nitrogens is 2. The molecule has 1 N–H and O–H groups in total. The molecule has 0 aliphatic heterocycles. The first-order valence-electron chi connectivity index (χ1n) is 6.31. The summed E-state index contributed by atoms with van der Waals surface area (Å²) in [4.78, 5) is 11.0. The van der Waals surface area contributed by atoms with Crippen molar-refractivity contribution >= 4 is 44.7 Å². The zero-order valence-corrected chi connectivity index (χ0v) is 12.8. The number of fused-ring (bicyclic) bond motifs is 1. The zero-order chi connectivity index (χ0) is 14.1. The van der Waals surface area contributed by atoms with Gasteiger partial charge < -0.3 is 5.32 Å². The molecule has 3 nitrogen and oxygen atoms in total. The van der Waals surface area contributed by atoms with Gasteiger partial charge in [0.2, 0.25) is 0 Å². The minimum atomic E-state index is 0.529. The molecule has 3 aromatic rings. The number of halogens is 1. The second-order valence-corrected chi connectivity index (χ2v) is 6.11. The standard InChI is InChI=1S/C15H14ClN3S/c1-9-10(2)20-15-13(9)14(17-8-18-15)19-12-5-3-11(7-16)4-6-12/h3-6,8H,7H2,1-2H3,(H,17,18,19). The number of alkyl halides is 1. The minimum Gasteiger partial charge on any atom is -0.340 e. The van der Waals surface area contributed by atoms with Crippen molar-refractivity contribution in [2.45, 2.75) is 19.7 Å². The summed E-state index contributed by atoms with van der Waals surface area (Å²) < 4.78 is 0. The lowest BCUT2D eigenvalue weighted by molar-refractivity contribution is 1.22. The van der Waals surface area contributed by atoms with E-state index >= 15 is 0 Å². The molecular weight excluding hydrogens is 290 g/mol. The summed E-state index contributed by atoms with van der Waals surface area (Å²) in [6.07, 6.45) is 1.60. The minimum absolute atomic E-state index is 0.529. The zero-order valence-electron chi connectivity index (χ0n) is 11.3. The molecule has 0 spiro atoms. The Labute approximate surface area is 126 Å². The van der Waals surface area contributed by atoms with Crippen LogP contribution in [0.3, 0.4) is 0 Å². The van der Waals surface area contributed by atoms with Crippen molar-refractivity contribution in [3.8, 4) is 0 Å². The van der Waals surface area contributed by atoms with E-state index < -0.39 is 0 Å². The molecule has 0 fully saturated rings. The fourth-order valence-corrected chi connectivity index (χ4v) is 3.27. The fraction of sp³-hybridized carbons (Fsp3) is 0.200. The third kappa shape index (κ3) is 2.37. The van der Waals surface area contributed by atoms with Crippen molar-refractivity contribution in [3.05, 3.63) is 46.6 Å². The molecule has 0 atom stereocenters. The molecule has 0 saturated carbocycles. The maximum Gasteiger partial charge on any atom is 0.142 e. The molecule has 0 saturated heterocycles. The summed E-state index contributed by atoms with van der Waals surface area (Å²) >= 11 is 7.50. The average molecular weight is 304 g/mol. The number of hydrogen-bond donors (Lipinski definition) is 1. The Bertz CT molecular complexity index is 750. The van der Waals surface area contributed by atoms with E-state index in [1.165, 1.54) is 10.4 Å². The molecule has 0 aliphatic rings. The molecule has 3 rings (SSSR count). The van der Waals surface area contributed by atoms with Crippen molar-refractivity contribution in [2.75, 3.05) is 5.32 Å². The van der Waals surface area contributed by atoms with Crippen LogP contribution in [0.15, 0.2) is 30.6 Å². The van der Waals surface area contributed by atoms with Crippen LogP contribution < -0.4 is 5.32 Å². The average Bonchev–Trinajstić information content (AvgIpc) is 2.76. The molecule has 1 aromatic carbocycles. The Hall–Kier alpha value is -1.65. The third-order valence-corrected chi connectivity index (χ3v) is 4.76. The van der Waals surface area contributed by atoms with Gasteiger partial charge in [0, 0.05) is 16.4 Å². The van der Waals surface area contributed by atoms with Crippen LogP contribution in [-0.4, -0.2) is 9.97 Å². The van der Waals surface area contributed by atoms with Crippen LogP contribution in [0.2, 0.25) is 0 Å². The molecule has 2 heterocycles. The predicted octanol–water partition coefficient (Wildman–Crippen LogP) is 4.79. The van der Waals surface area contributed by atoms with Gasteiger partial charge in [0.1, 0.15) is 17.0 Å². The van der Waals surface area contributed by atoms with Crippen LogP contribution in [0.4, 0.5) is 11.5 Å². The van der Waals surface area contributed by atoms with Crippen molar-refractivity contribution < 1.29 is 0 Å². The monoisotopic (exact) mass is 303 g/mol. The topological polar surface area (TPSA) is 37.8 Å². The van der Waals surface area contributed by atoms with Crippen molar-refractivity contribution in [3.63, 3.8) is 0 Å². The van der Waals surface area contributed by atoms with Gasteiger partial charge in [-0.1, -0.05) is 12.1 Å². The molecule has 20 heavy (non-hydrogen) atoms. The summed E-state index contributed by atoms with van der Waals surface area (Å²) in [5, 5.41) is 4.47. The van der Waals surface area contributed by atoms with Crippen LogP contribution in [0.1, 0.15) is 16.0 Å². The molecule has 2 aromatic heterocycles. The summed E-state index contributed by atoms with van der Waals surface area (Å²) in [5.41, 5.74) is 3.35. The van der Waals surface area contributed by atoms with E-state index in [4.69, 9.17) is 11.6 Å². The van der Waals surface area contributed by atoms with E-state index in [-0.39, 0.29) is 0 Å². The highest BCUT2D eigenvalue weighted by Gasteiger charge is 2.11. The number of aryl methyl sites for hydroxylation is 2. The summed E-state index contributed by atoms with van der Waals surface area (Å²) in [6.45, 7) is 4.22. The van der Waals surface area contributed by atoms with E-state index in [2.05, 4.69) is 29.1 Å². The van der Waals surface area contributed by atoms with E-state index in [1.807, 2.05) is 24.3 Å². The highest BCUT2D eigenvalue weighted by Crippen LogP contribution is 2.33. The van der Waals surface area contributed by atoms with Gasteiger partial charge in [0.15, 0.2) is 0 Å². The van der Waals surface area contributed by atoms with E-state index in [9.17, 15) is 0 Å². The molecule has 0 unspecified atom stereocenters. The molecule has 102 valence electrons. The predicted molar refractivity (Wildman–Crippen MR) is 86.2 cm³/mol. The second kappa shape index (κ2) is 5.38. The first-order chi connectivity index (χ1) is 9.69. The van der Waals surface area contributed by atoms with Gasteiger partial charge in [0.25, 0.3) is 0 Å². The third-order valence-electron chi connectivity index (χ3n) is 3.34. The highest BCUT2D eigenvalue weighted by atomic mass is 35.5. The summed E-state index contributed by atoms with van der Waals surface area (Å²) in [7, 11) is 0. The highest BCUT2D eigenvalue weighted by molar-refractivity contribution is 7.18. The van der Waals surface area contributed by atoms with Crippen LogP contribution in [-0.2, 0) is 5.88 Å². The summed E-state index contributed by atoms with van der Waals surface area (Å²) in [6, 6.07) is 8.05. The Morgan fingerprint density at radius 1 is 1.15 bits per heavy atom. The quantitative estimate of drug-likeness (QED) is 0.707. The fourth-order valence-electron chi connectivity index (χ4n) is 2.09. The van der Waals surface area contributed by atoms with Gasteiger partial charge in [-0.3, -0.25) is 0 Å². The Balaban J connectivity index is 2.01. The maximum atomic E-state index is 5.80. The Morgan fingerprint density at radius 2 is 1.90 bits per heavy atom. The number of thiophene rings is 1. The first-order valence-corrected chi connectivity index (χ1v) is 7.67. The normalized spacial score (nSPS) is 10.9. The molecular formula is C15H14ClN3S. The van der Waals surface area contributed by atoms with Gasteiger partial charge in [-0.15, -0.1) is 22.9 Å². The lowest BCUT2D eigenvalue weighted by Crippen LogP contribution is -1.95. The van der Waals surface area contributed by atoms with Crippen molar-refractivity contribution in [1.29, 1.82) is 0 Å². The second-order valence-electron chi connectivity index (χ2n) is 4.64. The molecule has 0 aliphatic carbocycles. The lowest BCUT2D eigenvalue weighted by Gasteiger charge is -2.07. The largest absolute Gasteiger partial charge is 0.340 e. The molecule has 5 heteroatoms. The van der Waals surface area contributed by atoms with E-state index in [0.717, 1.165) is 27.3 Å². The van der Waals surface area contributed by atoms with Crippen LogP contribution >= 0.6 is 22.9 Å². The van der Waals surface area contributed by atoms with Crippen molar-refractivity contribution in [2.24, 2.45) is 0 Å². The number of benzene rings is 1. The SMILES string of the molecule is Cc1sc2ncnc(Nc3ccc(CCl)cc3)c2c1C. The van der Waals surface area contributed by atoms with E-state index in [0.29, 0.717) is 5.88 Å². The Morgan fingerprint density at radius 3 is 2.60 bits per heavy atom. The number of anilines is 2. The number of nitrogens with one attached hydrogen (secondary N) is 1. The van der Waals surface area contributed by atoms with Gasteiger partial charge in [0.05, 0.1) is 5.39 Å². The molecule has 0 radical (unpaired) electrons. The van der Waals surface area contributed by atoms with Crippen LogP contribution in [0.25, 0.3) is 10.2 Å². The van der Waals surface area contributed by atoms with E-state index in [1.54, 1.807) is 17.7 Å². The maximum absolute atomic E-state index is 5.80. The van der Waals surface area contributed by atoms with Crippen LogP contribution in [0.5, 0.6) is 0 Å². The van der Waals surface area contributed by atoms with Crippen molar-refractivity contribution in [1.82, 2.24) is 9.97 Å². The molecule has 0 amide bonds. The lowest BCUT2D eigenvalue weighted by atomic mass is 10.2. The number of rotatable bonds is 3. The van der Waals surface area contributed by atoms with Gasteiger partial charge in [-0.05, 0) is 37.1 Å². The number of nitrogens with zero attached hydrogens (tertiary/aromatic N) is 2.